The number of Topliss-reactive ketones (excluding diaryl/α,β-unsaturated/α-hetero) is 1. The van der Waals surface area contributed by atoms with E-state index in [0.29, 0.717) is 5.78 Å². The number of nitrogens with zero attached hydrogens (tertiary/aromatic N) is 1. The Hall–Kier alpha value is -0.370. The number of hydrogen-bond donors (Lipinski definition) is 0. The molecular weight excluding hydrogens is 150 g/mol. The highest BCUT2D eigenvalue weighted by Crippen LogP contribution is 2.33. The minimum absolute atomic E-state index is 0.164. The lowest BCUT2D eigenvalue weighted by Crippen LogP contribution is -2.60. The Morgan fingerprint density at radius 2 is 1.75 bits per heavy atom. The van der Waals surface area contributed by atoms with Gasteiger partial charge in [0.15, 0.2) is 5.78 Å². The van der Waals surface area contributed by atoms with Crippen LogP contribution in [0.5, 0.6) is 0 Å². The van der Waals surface area contributed by atoms with E-state index >= 15 is 0 Å². The minimum Gasteiger partial charge on any atom is -0.298 e. The van der Waals surface area contributed by atoms with Gasteiger partial charge in [0.1, 0.15) is 0 Å². The molecule has 2 nitrogen and oxygen atoms in total. The SMILES string of the molecule is CN1C(C)(C)CCC(=O)C1(C)C. The first-order chi connectivity index (χ1) is 5.28. The van der Waals surface area contributed by atoms with Gasteiger partial charge < -0.3 is 0 Å². The van der Waals surface area contributed by atoms with Crippen molar-refractivity contribution in [2.75, 3.05) is 7.05 Å². The van der Waals surface area contributed by atoms with Crippen LogP contribution < -0.4 is 0 Å². The van der Waals surface area contributed by atoms with Crippen LogP contribution in [0, 0.1) is 0 Å². The Kier molecular flexibility index (Phi) is 2.07. The molecule has 0 aliphatic carbocycles. The van der Waals surface area contributed by atoms with Gasteiger partial charge in [0.05, 0.1) is 5.54 Å². The normalized spacial score (nSPS) is 28.9. The van der Waals surface area contributed by atoms with Crippen LogP contribution in [0.15, 0.2) is 0 Å². The van der Waals surface area contributed by atoms with Crippen molar-refractivity contribution in [2.24, 2.45) is 0 Å². The van der Waals surface area contributed by atoms with Crippen molar-refractivity contribution in [1.29, 1.82) is 0 Å². The fraction of sp³-hybridized carbons (Fsp3) is 0.900. The Morgan fingerprint density at radius 3 is 2.17 bits per heavy atom. The van der Waals surface area contributed by atoms with Gasteiger partial charge in [0, 0.05) is 12.0 Å². The Morgan fingerprint density at radius 1 is 1.25 bits per heavy atom. The molecule has 0 unspecified atom stereocenters. The third-order valence-electron chi connectivity index (χ3n) is 3.39. The fourth-order valence-electron chi connectivity index (χ4n) is 1.84. The van der Waals surface area contributed by atoms with E-state index in [9.17, 15) is 4.79 Å². The third kappa shape index (κ3) is 1.28. The highest BCUT2D eigenvalue weighted by Gasteiger charge is 2.43. The van der Waals surface area contributed by atoms with Gasteiger partial charge in [-0.2, -0.15) is 0 Å². The molecule has 2 heteroatoms. The molecule has 70 valence electrons. The number of ketones is 1. The zero-order valence-corrected chi connectivity index (χ0v) is 8.77. The molecule has 0 amide bonds. The van der Waals surface area contributed by atoms with Crippen molar-refractivity contribution in [1.82, 2.24) is 4.90 Å². The number of likely N-dealkylation sites (tertiary alicyclic amines) is 1. The number of likely N-dealkylation sites (N-methyl/N-ethyl adjacent to an activating group) is 1. The molecule has 1 heterocycles. The number of carbonyl (C=O) groups is 1. The molecular formula is C10H19NO. The van der Waals surface area contributed by atoms with E-state index in [1.807, 2.05) is 20.9 Å². The first-order valence-electron chi connectivity index (χ1n) is 4.56. The average Bonchev–Trinajstić information content (AvgIpc) is 1.96. The van der Waals surface area contributed by atoms with Crippen molar-refractivity contribution >= 4 is 5.78 Å². The Balaban J connectivity index is 2.93. The number of carbonyl (C=O) groups excluding carboxylic acids is 1. The molecule has 0 radical (unpaired) electrons. The van der Waals surface area contributed by atoms with Crippen molar-refractivity contribution < 1.29 is 4.79 Å². The quantitative estimate of drug-likeness (QED) is 0.551. The Labute approximate surface area is 74.9 Å². The first-order valence-corrected chi connectivity index (χ1v) is 4.56. The number of rotatable bonds is 0. The summed E-state index contributed by atoms with van der Waals surface area (Å²) in [6.45, 7) is 8.41. The van der Waals surface area contributed by atoms with Gasteiger partial charge in [-0.3, -0.25) is 9.69 Å². The predicted octanol–water partition coefficient (Wildman–Crippen LogP) is 1.84. The zero-order chi connectivity index (χ0) is 9.57. The number of hydrogen-bond acceptors (Lipinski definition) is 2. The first kappa shape index (κ1) is 9.72. The van der Waals surface area contributed by atoms with Crippen molar-refractivity contribution in [2.45, 2.75) is 51.6 Å². The van der Waals surface area contributed by atoms with Gasteiger partial charge in [0.2, 0.25) is 0 Å². The summed E-state index contributed by atoms with van der Waals surface area (Å²) in [6.07, 6.45) is 1.70. The lowest BCUT2D eigenvalue weighted by atomic mass is 9.79. The summed E-state index contributed by atoms with van der Waals surface area (Å²) in [5.41, 5.74) is -0.112. The lowest BCUT2D eigenvalue weighted by molar-refractivity contribution is -0.138. The molecule has 0 aromatic rings. The van der Waals surface area contributed by atoms with Gasteiger partial charge >= 0.3 is 0 Å². The third-order valence-corrected chi connectivity index (χ3v) is 3.39. The second kappa shape index (κ2) is 2.56. The van der Waals surface area contributed by atoms with Crippen LogP contribution in [-0.2, 0) is 4.79 Å². The maximum absolute atomic E-state index is 11.6. The highest BCUT2D eigenvalue weighted by molar-refractivity contribution is 5.88. The van der Waals surface area contributed by atoms with Crippen LogP contribution in [0.25, 0.3) is 0 Å². The van der Waals surface area contributed by atoms with Gasteiger partial charge in [-0.25, -0.2) is 0 Å². The molecule has 0 saturated carbocycles. The van der Waals surface area contributed by atoms with Crippen LogP contribution in [0.3, 0.4) is 0 Å². The van der Waals surface area contributed by atoms with E-state index in [-0.39, 0.29) is 11.1 Å². The molecule has 1 aliphatic rings. The molecule has 0 bridgehead atoms. The summed E-state index contributed by atoms with van der Waals surface area (Å²) in [4.78, 5) is 13.8. The molecule has 0 N–H and O–H groups in total. The number of piperidine rings is 1. The van der Waals surface area contributed by atoms with Crippen molar-refractivity contribution in [3.05, 3.63) is 0 Å². The minimum atomic E-state index is -0.276. The summed E-state index contributed by atoms with van der Waals surface area (Å²) in [7, 11) is 2.04. The molecule has 12 heavy (non-hydrogen) atoms. The fourth-order valence-corrected chi connectivity index (χ4v) is 1.84. The van der Waals surface area contributed by atoms with E-state index in [2.05, 4.69) is 18.7 Å². The largest absolute Gasteiger partial charge is 0.298 e. The summed E-state index contributed by atoms with van der Waals surface area (Å²) in [5, 5.41) is 0. The molecule has 1 rings (SSSR count). The smallest absolute Gasteiger partial charge is 0.152 e. The average molecular weight is 169 g/mol. The molecule has 0 spiro atoms. The van der Waals surface area contributed by atoms with Gasteiger partial charge in [0.25, 0.3) is 0 Å². The van der Waals surface area contributed by atoms with Gasteiger partial charge in [-0.1, -0.05) is 0 Å². The van der Waals surface area contributed by atoms with Crippen LogP contribution >= 0.6 is 0 Å². The molecule has 1 fully saturated rings. The maximum Gasteiger partial charge on any atom is 0.152 e. The standard InChI is InChI=1S/C10H19NO/c1-9(2)7-6-8(12)10(3,4)11(9)5/h6-7H2,1-5H3. The maximum atomic E-state index is 11.6. The molecule has 1 saturated heterocycles. The lowest BCUT2D eigenvalue weighted by Gasteiger charge is -2.49. The monoisotopic (exact) mass is 169 g/mol. The van der Waals surface area contributed by atoms with E-state index in [1.54, 1.807) is 0 Å². The molecule has 0 aromatic carbocycles. The van der Waals surface area contributed by atoms with E-state index < -0.39 is 0 Å². The van der Waals surface area contributed by atoms with E-state index in [4.69, 9.17) is 0 Å². The van der Waals surface area contributed by atoms with Crippen LogP contribution in [0.2, 0.25) is 0 Å². The van der Waals surface area contributed by atoms with E-state index in [1.165, 1.54) is 0 Å². The second-order valence-corrected chi connectivity index (χ2v) is 4.85. The van der Waals surface area contributed by atoms with Gasteiger partial charge in [-0.15, -0.1) is 0 Å². The predicted molar refractivity (Wildman–Crippen MR) is 50.2 cm³/mol. The summed E-state index contributed by atoms with van der Waals surface area (Å²) in [5.74, 6) is 0.365. The summed E-state index contributed by atoms with van der Waals surface area (Å²) < 4.78 is 0. The van der Waals surface area contributed by atoms with Crippen LogP contribution in [0.4, 0.5) is 0 Å². The van der Waals surface area contributed by atoms with Crippen molar-refractivity contribution in [3.63, 3.8) is 0 Å². The van der Waals surface area contributed by atoms with Gasteiger partial charge in [-0.05, 0) is 41.2 Å². The summed E-state index contributed by atoms with van der Waals surface area (Å²) >= 11 is 0. The topological polar surface area (TPSA) is 20.3 Å². The van der Waals surface area contributed by atoms with Crippen LogP contribution in [-0.4, -0.2) is 28.8 Å². The Bertz CT molecular complexity index is 206. The summed E-state index contributed by atoms with van der Waals surface area (Å²) in [6, 6.07) is 0. The van der Waals surface area contributed by atoms with Crippen LogP contribution in [0.1, 0.15) is 40.5 Å². The van der Waals surface area contributed by atoms with E-state index in [0.717, 1.165) is 12.8 Å². The molecule has 1 aliphatic heterocycles. The van der Waals surface area contributed by atoms with Crippen molar-refractivity contribution in [3.8, 4) is 0 Å². The molecule has 0 aromatic heterocycles. The second-order valence-electron chi connectivity index (χ2n) is 4.85. The highest BCUT2D eigenvalue weighted by atomic mass is 16.1. The zero-order valence-electron chi connectivity index (χ0n) is 8.77. The molecule has 0 atom stereocenters.